The smallest absolute Gasteiger partial charge is 0.261 e. The van der Waals surface area contributed by atoms with E-state index in [0.717, 1.165) is 22.9 Å². The number of hydrogen-bond donors (Lipinski definition) is 1. The maximum absolute atomic E-state index is 13.3. The first kappa shape index (κ1) is 26.2. The number of nitrogens with zero attached hydrogens (tertiary/aromatic N) is 1. The molecule has 0 aliphatic heterocycles. The van der Waals surface area contributed by atoms with Crippen LogP contribution in [0.1, 0.15) is 51.7 Å². The molecule has 0 saturated carbocycles. The second-order valence-corrected chi connectivity index (χ2v) is 9.02. The third-order valence-electron chi connectivity index (χ3n) is 5.44. The van der Waals surface area contributed by atoms with Gasteiger partial charge < -0.3 is 15.0 Å². The van der Waals surface area contributed by atoms with Gasteiger partial charge in [0.25, 0.3) is 5.91 Å². The SMILES string of the molecule is CCc1ccc(OCC(=O)N(Cc2ccccc2Cl)C(CC)C(=O)NC(C)CC)c(Br)c1. The summed E-state index contributed by atoms with van der Waals surface area (Å²) in [7, 11) is 0. The lowest BCUT2D eigenvalue weighted by Crippen LogP contribution is -2.51. The highest BCUT2D eigenvalue weighted by Gasteiger charge is 2.30. The number of ether oxygens (including phenoxy) is 1. The van der Waals surface area contributed by atoms with Crippen molar-refractivity contribution < 1.29 is 14.3 Å². The number of halogens is 2. The third kappa shape index (κ3) is 7.24. The molecule has 32 heavy (non-hydrogen) atoms. The van der Waals surface area contributed by atoms with E-state index in [1.165, 1.54) is 5.56 Å². The fourth-order valence-corrected chi connectivity index (χ4v) is 4.01. The molecule has 0 heterocycles. The fourth-order valence-electron chi connectivity index (χ4n) is 3.27. The van der Waals surface area contributed by atoms with Gasteiger partial charge in [-0.15, -0.1) is 0 Å². The number of hydrogen-bond acceptors (Lipinski definition) is 3. The maximum Gasteiger partial charge on any atom is 0.261 e. The normalized spacial score (nSPS) is 12.7. The first-order chi connectivity index (χ1) is 15.3. The van der Waals surface area contributed by atoms with Crippen LogP contribution in [-0.4, -0.2) is 35.4 Å². The van der Waals surface area contributed by atoms with Crippen LogP contribution < -0.4 is 10.1 Å². The van der Waals surface area contributed by atoms with Crippen LogP contribution in [-0.2, 0) is 22.6 Å². The van der Waals surface area contributed by atoms with E-state index in [9.17, 15) is 9.59 Å². The van der Waals surface area contributed by atoms with Crippen molar-refractivity contribution in [3.05, 3.63) is 63.1 Å². The van der Waals surface area contributed by atoms with Gasteiger partial charge in [-0.25, -0.2) is 0 Å². The van der Waals surface area contributed by atoms with Crippen molar-refractivity contribution in [2.75, 3.05) is 6.61 Å². The monoisotopic (exact) mass is 522 g/mol. The van der Waals surface area contributed by atoms with Gasteiger partial charge in [0.15, 0.2) is 6.61 Å². The van der Waals surface area contributed by atoms with Gasteiger partial charge in [0, 0.05) is 17.6 Å². The molecule has 0 radical (unpaired) electrons. The Labute approximate surface area is 204 Å². The van der Waals surface area contributed by atoms with Crippen LogP contribution in [0, 0.1) is 0 Å². The van der Waals surface area contributed by atoms with E-state index in [2.05, 4.69) is 28.2 Å². The predicted octanol–water partition coefficient (Wildman–Crippen LogP) is 5.77. The molecule has 2 aromatic carbocycles. The van der Waals surface area contributed by atoms with Crippen molar-refractivity contribution in [3.63, 3.8) is 0 Å². The van der Waals surface area contributed by atoms with E-state index in [1.807, 2.05) is 57.2 Å². The Bertz CT molecular complexity index is 922. The van der Waals surface area contributed by atoms with E-state index in [0.29, 0.717) is 17.2 Å². The van der Waals surface area contributed by atoms with Gasteiger partial charge in [-0.05, 0) is 71.4 Å². The van der Waals surface area contributed by atoms with Crippen LogP contribution in [0.3, 0.4) is 0 Å². The summed E-state index contributed by atoms with van der Waals surface area (Å²) < 4.78 is 6.62. The lowest BCUT2D eigenvalue weighted by molar-refractivity contribution is -0.143. The number of carbonyl (C=O) groups is 2. The molecule has 0 saturated heterocycles. The molecule has 2 amide bonds. The number of nitrogens with one attached hydrogen (secondary N) is 1. The molecule has 2 atom stereocenters. The van der Waals surface area contributed by atoms with Crippen molar-refractivity contribution in [2.24, 2.45) is 0 Å². The van der Waals surface area contributed by atoms with Gasteiger partial charge in [-0.2, -0.15) is 0 Å². The van der Waals surface area contributed by atoms with Gasteiger partial charge in [-0.1, -0.05) is 56.6 Å². The summed E-state index contributed by atoms with van der Waals surface area (Å²) in [6.45, 7) is 7.98. The Morgan fingerprint density at radius 2 is 1.84 bits per heavy atom. The maximum atomic E-state index is 13.3. The highest BCUT2D eigenvalue weighted by Crippen LogP contribution is 2.27. The summed E-state index contributed by atoms with van der Waals surface area (Å²) in [6.07, 6.45) is 2.20. The number of amides is 2. The molecule has 0 aliphatic carbocycles. The van der Waals surface area contributed by atoms with Gasteiger partial charge >= 0.3 is 0 Å². The second kappa shape index (κ2) is 12.9. The molecule has 0 fully saturated rings. The highest BCUT2D eigenvalue weighted by atomic mass is 79.9. The molecular formula is C25H32BrClN2O3. The summed E-state index contributed by atoms with van der Waals surface area (Å²) in [4.78, 5) is 27.8. The number of rotatable bonds is 11. The number of carbonyl (C=O) groups excluding carboxylic acids is 2. The lowest BCUT2D eigenvalue weighted by Gasteiger charge is -2.31. The Hall–Kier alpha value is -2.05. The van der Waals surface area contributed by atoms with Crippen LogP contribution in [0.15, 0.2) is 46.9 Å². The molecule has 1 N–H and O–H groups in total. The molecule has 0 spiro atoms. The minimum atomic E-state index is -0.623. The summed E-state index contributed by atoms with van der Waals surface area (Å²) >= 11 is 9.86. The first-order valence-electron chi connectivity index (χ1n) is 11.0. The summed E-state index contributed by atoms with van der Waals surface area (Å²) in [6, 6.07) is 12.6. The molecule has 5 nitrogen and oxygen atoms in total. The molecule has 0 aliphatic rings. The average Bonchev–Trinajstić information content (AvgIpc) is 2.78. The quantitative estimate of drug-likeness (QED) is 0.407. The minimum absolute atomic E-state index is 0.0260. The van der Waals surface area contributed by atoms with Crippen molar-refractivity contribution >= 4 is 39.3 Å². The molecule has 7 heteroatoms. The van der Waals surface area contributed by atoms with Crippen molar-refractivity contribution in [1.29, 1.82) is 0 Å². The lowest BCUT2D eigenvalue weighted by atomic mass is 10.1. The zero-order valence-corrected chi connectivity index (χ0v) is 21.5. The Morgan fingerprint density at radius 1 is 1.12 bits per heavy atom. The fraction of sp³-hybridized carbons (Fsp3) is 0.440. The number of aryl methyl sites for hydroxylation is 1. The molecular weight excluding hydrogens is 492 g/mol. The molecule has 2 aromatic rings. The van der Waals surface area contributed by atoms with Gasteiger partial charge in [0.05, 0.1) is 4.47 Å². The van der Waals surface area contributed by atoms with Gasteiger partial charge in [-0.3, -0.25) is 9.59 Å². The summed E-state index contributed by atoms with van der Waals surface area (Å²) in [5.74, 6) is 0.142. The van der Waals surface area contributed by atoms with E-state index in [4.69, 9.17) is 16.3 Å². The Morgan fingerprint density at radius 3 is 2.44 bits per heavy atom. The first-order valence-corrected chi connectivity index (χ1v) is 12.2. The average molecular weight is 524 g/mol. The molecule has 2 unspecified atom stereocenters. The molecule has 0 aromatic heterocycles. The number of benzene rings is 2. The van der Waals surface area contributed by atoms with Crippen LogP contribution in [0.2, 0.25) is 5.02 Å². The molecule has 174 valence electrons. The van der Waals surface area contributed by atoms with Gasteiger partial charge in [0.2, 0.25) is 5.91 Å². The summed E-state index contributed by atoms with van der Waals surface area (Å²) in [5.41, 5.74) is 1.95. The van der Waals surface area contributed by atoms with Crippen LogP contribution in [0.25, 0.3) is 0 Å². The van der Waals surface area contributed by atoms with Crippen LogP contribution >= 0.6 is 27.5 Å². The Balaban J connectivity index is 2.24. The van der Waals surface area contributed by atoms with Gasteiger partial charge in [0.1, 0.15) is 11.8 Å². The van der Waals surface area contributed by atoms with Crippen molar-refractivity contribution in [1.82, 2.24) is 10.2 Å². The Kier molecular flexibility index (Phi) is 10.5. The van der Waals surface area contributed by atoms with Crippen LogP contribution in [0.5, 0.6) is 5.75 Å². The zero-order chi connectivity index (χ0) is 23.7. The predicted molar refractivity (Wildman–Crippen MR) is 133 cm³/mol. The third-order valence-corrected chi connectivity index (χ3v) is 6.43. The van der Waals surface area contributed by atoms with Crippen molar-refractivity contribution in [3.8, 4) is 5.75 Å². The van der Waals surface area contributed by atoms with Crippen LogP contribution in [0.4, 0.5) is 0 Å². The zero-order valence-electron chi connectivity index (χ0n) is 19.2. The van der Waals surface area contributed by atoms with E-state index in [-0.39, 0.29) is 31.0 Å². The highest BCUT2D eigenvalue weighted by molar-refractivity contribution is 9.10. The van der Waals surface area contributed by atoms with E-state index < -0.39 is 6.04 Å². The second-order valence-electron chi connectivity index (χ2n) is 7.76. The molecule has 2 rings (SSSR count). The van der Waals surface area contributed by atoms with E-state index >= 15 is 0 Å². The van der Waals surface area contributed by atoms with E-state index in [1.54, 1.807) is 11.0 Å². The standard InChI is InChI=1S/C25H32BrClN2O3/c1-5-17(4)28-25(31)22(7-3)29(15-19-10-8-9-11-21(19)27)24(30)16-32-23-13-12-18(6-2)14-20(23)26/h8-14,17,22H,5-7,15-16H2,1-4H3,(H,28,31). The largest absolute Gasteiger partial charge is 0.483 e. The topological polar surface area (TPSA) is 58.6 Å². The summed E-state index contributed by atoms with van der Waals surface area (Å²) in [5, 5.41) is 3.55. The molecule has 0 bridgehead atoms. The van der Waals surface area contributed by atoms with Crippen molar-refractivity contribution in [2.45, 2.75) is 65.6 Å². The minimum Gasteiger partial charge on any atom is -0.483 e.